The summed E-state index contributed by atoms with van der Waals surface area (Å²) in [6, 6.07) is 13.7. The first kappa shape index (κ1) is 30.9. The Bertz CT molecular complexity index is 1060. The third-order valence-corrected chi connectivity index (χ3v) is 6.25. The van der Waals surface area contributed by atoms with Gasteiger partial charge >= 0.3 is 6.09 Å². The molecule has 0 bridgehead atoms. The van der Waals surface area contributed by atoms with Crippen molar-refractivity contribution in [2.75, 3.05) is 13.1 Å². The Morgan fingerprint density at radius 1 is 0.974 bits per heavy atom. The minimum Gasteiger partial charge on any atom is -0.444 e. The summed E-state index contributed by atoms with van der Waals surface area (Å²) in [5.74, 6) is -0.560. The number of unbranched alkanes of at least 4 members (excludes halogenated alkanes) is 2. The van der Waals surface area contributed by atoms with Crippen molar-refractivity contribution in [1.29, 1.82) is 0 Å². The van der Waals surface area contributed by atoms with Gasteiger partial charge < -0.3 is 20.3 Å². The van der Waals surface area contributed by atoms with Crippen molar-refractivity contribution in [1.82, 2.24) is 15.5 Å². The lowest BCUT2D eigenvalue weighted by Crippen LogP contribution is -2.54. The first-order chi connectivity index (χ1) is 18.0. The normalized spacial score (nSPS) is 12.8. The molecule has 0 radical (unpaired) electrons. The van der Waals surface area contributed by atoms with E-state index < -0.39 is 23.8 Å². The minimum absolute atomic E-state index is 0.223. The van der Waals surface area contributed by atoms with E-state index in [0.717, 1.165) is 41.5 Å². The first-order valence-electron chi connectivity index (χ1n) is 13.7. The van der Waals surface area contributed by atoms with Crippen molar-refractivity contribution in [3.63, 3.8) is 0 Å². The first-order valence-corrected chi connectivity index (χ1v) is 13.7. The maximum atomic E-state index is 14.1. The SMILES string of the molecule is CCCCCNC(=O)C(c1ccc(C)cc1C)N(CC)C(=O)C(Cc1ccccc1)NC(=O)OC(C)(C)C. The minimum atomic E-state index is -0.909. The second-order valence-corrected chi connectivity index (χ2v) is 10.8. The van der Waals surface area contributed by atoms with Crippen LogP contribution in [0.4, 0.5) is 4.79 Å². The number of carbonyl (C=O) groups is 3. The molecule has 0 saturated heterocycles. The monoisotopic (exact) mass is 523 g/mol. The van der Waals surface area contributed by atoms with E-state index in [-0.39, 0.29) is 18.2 Å². The van der Waals surface area contributed by atoms with Gasteiger partial charge in [-0.25, -0.2) is 4.79 Å². The molecule has 38 heavy (non-hydrogen) atoms. The van der Waals surface area contributed by atoms with Gasteiger partial charge in [0.05, 0.1) is 0 Å². The molecule has 0 aliphatic carbocycles. The van der Waals surface area contributed by atoms with Crippen molar-refractivity contribution in [3.8, 4) is 0 Å². The molecule has 7 heteroatoms. The van der Waals surface area contributed by atoms with E-state index in [1.165, 1.54) is 0 Å². The highest BCUT2D eigenvalue weighted by molar-refractivity contribution is 5.92. The molecular weight excluding hydrogens is 478 g/mol. The molecule has 2 rings (SSSR count). The highest BCUT2D eigenvalue weighted by Crippen LogP contribution is 2.27. The standard InChI is InChI=1S/C31H45N3O4/c1-8-10-14-19-32-28(35)27(25-18-17-22(3)20-23(25)4)34(9-2)29(36)26(21-24-15-12-11-13-16-24)33-30(37)38-31(5,6)7/h11-13,15-18,20,26-27H,8-10,14,19,21H2,1-7H3,(H,32,35)(H,33,37). The van der Waals surface area contributed by atoms with E-state index in [2.05, 4.69) is 17.6 Å². The summed E-state index contributed by atoms with van der Waals surface area (Å²) >= 11 is 0. The molecule has 0 saturated carbocycles. The van der Waals surface area contributed by atoms with E-state index in [1.807, 2.05) is 69.3 Å². The molecule has 2 atom stereocenters. The van der Waals surface area contributed by atoms with Crippen molar-refractivity contribution in [2.45, 2.75) is 91.8 Å². The number of likely N-dealkylation sites (N-methyl/N-ethyl adjacent to an activating group) is 1. The predicted octanol–water partition coefficient (Wildman–Crippen LogP) is 5.64. The quantitative estimate of drug-likeness (QED) is 0.353. The molecule has 3 amide bonds. The summed E-state index contributed by atoms with van der Waals surface area (Å²) in [5.41, 5.74) is 2.97. The lowest BCUT2D eigenvalue weighted by molar-refractivity contribution is -0.142. The third-order valence-electron chi connectivity index (χ3n) is 6.25. The molecule has 2 unspecified atom stereocenters. The average Bonchev–Trinajstić information content (AvgIpc) is 2.84. The average molecular weight is 524 g/mol. The third kappa shape index (κ3) is 9.51. The van der Waals surface area contributed by atoms with Gasteiger partial charge in [0.15, 0.2) is 0 Å². The number of benzene rings is 2. The van der Waals surface area contributed by atoms with Crippen LogP contribution in [-0.4, -0.2) is 47.5 Å². The Balaban J connectivity index is 2.45. The van der Waals surface area contributed by atoms with Crippen LogP contribution in [0.5, 0.6) is 0 Å². The molecular formula is C31H45N3O4. The zero-order valence-electron chi connectivity index (χ0n) is 24.1. The molecule has 2 N–H and O–H groups in total. The number of ether oxygens (including phenoxy) is 1. The number of alkyl carbamates (subject to hydrolysis) is 1. The van der Waals surface area contributed by atoms with Gasteiger partial charge in [-0.05, 0) is 64.7 Å². The van der Waals surface area contributed by atoms with Gasteiger partial charge in [0, 0.05) is 19.5 Å². The number of aryl methyl sites for hydroxylation is 2. The molecule has 0 aliphatic heterocycles. The van der Waals surface area contributed by atoms with E-state index in [0.29, 0.717) is 13.1 Å². The lowest BCUT2D eigenvalue weighted by atomic mass is 9.95. The maximum absolute atomic E-state index is 14.1. The van der Waals surface area contributed by atoms with Crippen LogP contribution >= 0.6 is 0 Å². The van der Waals surface area contributed by atoms with Crippen molar-refractivity contribution in [2.24, 2.45) is 0 Å². The Morgan fingerprint density at radius 3 is 2.24 bits per heavy atom. The van der Waals surface area contributed by atoms with Crippen LogP contribution in [0.15, 0.2) is 48.5 Å². The Kier molecular flexibility index (Phi) is 11.8. The van der Waals surface area contributed by atoms with Crippen LogP contribution in [0.2, 0.25) is 0 Å². The van der Waals surface area contributed by atoms with Crippen LogP contribution in [0.1, 0.15) is 82.2 Å². The topological polar surface area (TPSA) is 87.7 Å². The summed E-state index contributed by atoms with van der Waals surface area (Å²) < 4.78 is 5.47. The number of rotatable bonds is 12. The highest BCUT2D eigenvalue weighted by atomic mass is 16.6. The molecule has 0 spiro atoms. The van der Waals surface area contributed by atoms with Gasteiger partial charge in [-0.2, -0.15) is 0 Å². The number of nitrogens with zero attached hydrogens (tertiary/aromatic N) is 1. The second kappa shape index (κ2) is 14.6. The van der Waals surface area contributed by atoms with E-state index in [9.17, 15) is 14.4 Å². The van der Waals surface area contributed by atoms with Crippen LogP contribution in [0, 0.1) is 13.8 Å². The van der Waals surface area contributed by atoms with Gasteiger partial charge in [-0.3, -0.25) is 9.59 Å². The smallest absolute Gasteiger partial charge is 0.408 e. The number of amides is 3. The van der Waals surface area contributed by atoms with Crippen molar-refractivity contribution >= 4 is 17.9 Å². The molecule has 2 aromatic carbocycles. The second-order valence-electron chi connectivity index (χ2n) is 10.8. The van der Waals surface area contributed by atoms with Crippen LogP contribution < -0.4 is 10.6 Å². The Hall–Kier alpha value is -3.35. The van der Waals surface area contributed by atoms with Crippen LogP contribution in [0.3, 0.4) is 0 Å². The molecule has 0 heterocycles. The summed E-state index contributed by atoms with van der Waals surface area (Å²) in [6.45, 7) is 14.1. The Labute approximate surface area is 228 Å². The molecule has 208 valence electrons. The molecule has 2 aromatic rings. The number of hydrogen-bond acceptors (Lipinski definition) is 4. The lowest BCUT2D eigenvalue weighted by Gasteiger charge is -2.34. The van der Waals surface area contributed by atoms with E-state index in [4.69, 9.17) is 4.74 Å². The van der Waals surface area contributed by atoms with E-state index in [1.54, 1.807) is 25.7 Å². The number of carbonyl (C=O) groups excluding carboxylic acids is 3. The zero-order valence-corrected chi connectivity index (χ0v) is 24.1. The molecule has 0 aromatic heterocycles. The Morgan fingerprint density at radius 2 is 1.66 bits per heavy atom. The fraction of sp³-hybridized carbons (Fsp3) is 0.516. The van der Waals surface area contributed by atoms with Crippen molar-refractivity contribution in [3.05, 3.63) is 70.8 Å². The van der Waals surface area contributed by atoms with Crippen LogP contribution in [-0.2, 0) is 20.7 Å². The van der Waals surface area contributed by atoms with E-state index >= 15 is 0 Å². The highest BCUT2D eigenvalue weighted by Gasteiger charge is 2.36. The zero-order chi connectivity index (χ0) is 28.3. The van der Waals surface area contributed by atoms with Gasteiger partial charge in [0.2, 0.25) is 11.8 Å². The summed E-state index contributed by atoms with van der Waals surface area (Å²) in [6.07, 6.45) is 2.54. The fourth-order valence-corrected chi connectivity index (χ4v) is 4.43. The molecule has 0 fully saturated rings. The van der Waals surface area contributed by atoms with Gasteiger partial charge in [-0.15, -0.1) is 0 Å². The van der Waals surface area contributed by atoms with Gasteiger partial charge in [-0.1, -0.05) is 73.9 Å². The van der Waals surface area contributed by atoms with Crippen molar-refractivity contribution < 1.29 is 19.1 Å². The van der Waals surface area contributed by atoms with Gasteiger partial charge in [0.25, 0.3) is 0 Å². The van der Waals surface area contributed by atoms with Gasteiger partial charge in [0.1, 0.15) is 17.7 Å². The molecule has 7 nitrogen and oxygen atoms in total. The van der Waals surface area contributed by atoms with Crippen LogP contribution in [0.25, 0.3) is 0 Å². The number of nitrogens with one attached hydrogen (secondary N) is 2. The summed E-state index contributed by atoms with van der Waals surface area (Å²) in [5, 5.41) is 5.82. The molecule has 0 aliphatic rings. The summed E-state index contributed by atoms with van der Waals surface area (Å²) in [7, 11) is 0. The largest absolute Gasteiger partial charge is 0.444 e. The predicted molar refractivity (Wildman–Crippen MR) is 152 cm³/mol. The summed E-state index contributed by atoms with van der Waals surface area (Å²) in [4.78, 5) is 42.1. The number of hydrogen-bond donors (Lipinski definition) is 2. The maximum Gasteiger partial charge on any atom is 0.408 e. The fourth-order valence-electron chi connectivity index (χ4n) is 4.43.